The highest BCUT2D eigenvalue weighted by Gasteiger charge is 2.24. The maximum Gasteiger partial charge on any atom is 0.0443 e. The summed E-state index contributed by atoms with van der Waals surface area (Å²) in [5.74, 6) is 1.37. The van der Waals surface area contributed by atoms with Gasteiger partial charge in [-0.25, -0.2) is 0 Å². The lowest BCUT2D eigenvalue weighted by Crippen LogP contribution is -2.28. The summed E-state index contributed by atoms with van der Waals surface area (Å²) in [7, 11) is 0. The zero-order valence-electron chi connectivity index (χ0n) is 13.0. The molecule has 2 unspecified atom stereocenters. The average molecular weight is 267 g/mol. The molecule has 1 aromatic heterocycles. The van der Waals surface area contributed by atoms with E-state index >= 15 is 0 Å². The van der Waals surface area contributed by atoms with E-state index < -0.39 is 0 Å². The van der Waals surface area contributed by atoms with E-state index in [1.807, 2.05) is 11.3 Å². The van der Waals surface area contributed by atoms with E-state index in [4.69, 9.17) is 0 Å². The zero-order chi connectivity index (χ0) is 13.9. The van der Waals surface area contributed by atoms with E-state index in [2.05, 4.69) is 65.9 Å². The lowest BCUT2D eigenvalue weighted by molar-refractivity contribution is 0.311. The fraction of sp³-hybridized carbons (Fsp3) is 0.750. The molecule has 0 fully saturated rings. The Morgan fingerprint density at radius 3 is 2.17 bits per heavy atom. The van der Waals surface area contributed by atoms with Gasteiger partial charge in [0.15, 0.2) is 0 Å². The molecule has 0 saturated heterocycles. The van der Waals surface area contributed by atoms with Crippen LogP contribution in [0, 0.1) is 11.8 Å². The number of thiophene rings is 1. The van der Waals surface area contributed by atoms with Crippen LogP contribution in [0.4, 0.5) is 0 Å². The number of nitrogens with one attached hydrogen (secondary N) is 1. The van der Waals surface area contributed by atoms with E-state index in [9.17, 15) is 0 Å². The van der Waals surface area contributed by atoms with Crippen LogP contribution >= 0.6 is 11.3 Å². The first-order valence-electron chi connectivity index (χ1n) is 7.11. The number of hydrogen-bond acceptors (Lipinski definition) is 2. The van der Waals surface area contributed by atoms with Gasteiger partial charge in [0.25, 0.3) is 0 Å². The third-order valence-corrected chi connectivity index (χ3v) is 5.27. The summed E-state index contributed by atoms with van der Waals surface area (Å²) in [6.07, 6.45) is 0. The molecule has 18 heavy (non-hydrogen) atoms. The molecule has 1 nitrogen and oxygen atoms in total. The van der Waals surface area contributed by atoms with Crippen molar-refractivity contribution in [3.63, 3.8) is 0 Å². The third kappa shape index (κ3) is 3.83. The van der Waals surface area contributed by atoms with Crippen LogP contribution in [-0.4, -0.2) is 6.54 Å². The van der Waals surface area contributed by atoms with Crippen molar-refractivity contribution in [1.82, 2.24) is 5.32 Å². The Kier molecular flexibility index (Phi) is 5.42. The summed E-state index contributed by atoms with van der Waals surface area (Å²) in [6.45, 7) is 17.1. The minimum absolute atomic E-state index is 0.265. The first kappa shape index (κ1) is 15.7. The summed E-state index contributed by atoms with van der Waals surface area (Å²) < 4.78 is 0. The summed E-state index contributed by atoms with van der Waals surface area (Å²) in [5, 5.41) is 3.66. The van der Waals surface area contributed by atoms with Gasteiger partial charge in [-0.3, -0.25) is 0 Å². The Bertz CT molecular complexity index is 359. The molecule has 0 aliphatic rings. The molecule has 0 saturated carbocycles. The maximum atomic E-state index is 3.66. The van der Waals surface area contributed by atoms with Gasteiger partial charge >= 0.3 is 0 Å². The highest BCUT2D eigenvalue weighted by molar-refractivity contribution is 7.12. The van der Waals surface area contributed by atoms with Crippen LogP contribution in [0.25, 0.3) is 0 Å². The normalized spacial score (nSPS) is 16.0. The number of hydrogen-bond donors (Lipinski definition) is 1. The highest BCUT2D eigenvalue weighted by Crippen LogP contribution is 2.36. The molecule has 2 atom stereocenters. The van der Waals surface area contributed by atoms with Crippen LogP contribution < -0.4 is 5.32 Å². The monoisotopic (exact) mass is 267 g/mol. The van der Waals surface area contributed by atoms with E-state index in [1.165, 1.54) is 9.75 Å². The lowest BCUT2D eigenvalue weighted by Gasteiger charge is -2.27. The van der Waals surface area contributed by atoms with Crippen LogP contribution in [0.2, 0.25) is 0 Å². The smallest absolute Gasteiger partial charge is 0.0443 e. The Hall–Kier alpha value is -0.340. The second-order valence-corrected chi connectivity index (χ2v) is 7.71. The van der Waals surface area contributed by atoms with Gasteiger partial charge in [0, 0.05) is 15.8 Å². The second-order valence-electron chi connectivity index (χ2n) is 6.59. The van der Waals surface area contributed by atoms with E-state index in [1.54, 1.807) is 0 Å². The van der Waals surface area contributed by atoms with Gasteiger partial charge in [-0.1, -0.05) is 48.5 Å². The van der Waals surface area contributed by atoms with Crippen molar-refractivity contribution < 1.29 is 0 Å². The van der Waals surface area contributed by atoms with Gasteiger partial charge in [-0.2, -0.15) is 0 Å². The largest absolute Gasteiger partial charge is 0.309 e. The molecule has 0 amide bonds. The molecule has 0 bridgehead atoms. The zero-order valence-corrected chi connectivity index (χ0v) is 13.8. The van der Waals surface area contributed by atoms with Crippen molar-refractivity contribution in [3.05, 3.63) is 21.9 Å². The second kappa shape index (κ2) is 6.21. The van der Waals surface area contributed by atoms with Gasteiger partial charge in [0.1, 0.15) is 0 Å². The Morgan fingerprint density at radius 1 is 1.17 bits per heavy atom. The molecule has 1 N–H and O–H groups in total. The average Bonchev–Trinajstić information content (AvgIpc) is 2.73. The molecule has 0 aliphatic heterocycles. The summed E-state index contributed by atoms with van der Waals surface area (Å²) in [4.78, 5) is 2.97. The Labute approximate surface area is 117 Å². The fourth-order valence-electron chi connectivity index (χ4n) is 2.07. The molecular formula is C16H29NS. The maximum absolute atomic E-state index is 3.66. The lowest BCUT2D eigenvalue weighted by atomic mass is 9.89. The highest BCUT2D eigenvalue weighted by atomic mass is 32.1. The first-order chi connectivity index (χ1) is 8.27. The molecule has 1 rings (SSSR count). The van der Waals surface area contributed by atoms with Crippen LogP contribution in [0.3, 0.4) is 0 Å². The van der Waals surface area contributed by atoms with Crippen LogP contribution in [0.5, 0.6) is 0 Å². The summed E-state index contributed by atoms with van der Waals surface area (Å²) >= 11 is 1.97. The molecule has 0 spiro atoms. The van der Waals surface area contributed by atoms with Gasteiger partial charge in [-0.15, -0.1) is 11.3 Å². The number of rotatable bonds is 5. The molecule has 0 radical (unpaired) electrons. The molecular weight excluding hydrogens is 238 g/mol. The molecule has 1 aromatic rings. The predicted molar refractivity (Wildman–Crippen MR) is 83.4 cm³/mol. The van der Waals surface area contributed by atoms with E-state index in [0.717, 1.165) is 6.54 Å². The van der Waals surface area contributed by atoms with Crippen LogP contribution in [0.15, 0.2) is 12.1 Å². The topological polar surface area (TPSA) is 12.0 Å². The van der Waals surface area contributed by atoms with E-state index in [-0.39, 0.29) is 5.41 Å². The molecule has 1 heterocycles. The quantitative estimate of drug-likeness (QED) is 0.792. The first-order valence-corrected chi connectivity index (χ1v) is 7.92. The van der Waals surface area contributed by atoms with Gasteiger partial charge < -0.3 is 5.32 Å². The molecule has 0 aliphatic carbocycles. The molecule has 2 heteroatoms. The molecule has 104 valence electrons. The van der Waals surface area contributed by atoms with Crippen molar-refractivity contribution in [3.8, 4) is 0 Å². The summed E-state index contributed by atoms with van der Waals surface area (Å²) in [6, 6.07) is 5.12. The molecule has 0 aromatic carbocycles. The van der Waals surface area contributed by atoms with Crippen molar-refractivity contribution in [2.24, 2.45) is 11.8 Å². The van der Waals surface area contributed by atoms with Crippen LogP contribution in [-0.2, 0) is 5.41 Å². The van der Waals surface area contributed by atoms with Gasteiger partial charge in [-0.05, 0) is 35.9 Å². The van der Waals surface area contributed by atoms with Gasteiger partial charge in [0.2, 0.25) is 0 Å². The van der Waals surface area contributed by atoms with E-state index in [0.29, 0.717) is 17.9 Å². The minimum atomic E-state index is 0.265. The standard InChI is InChI=1S/C16H29NS/c1-8-17-15(12(4)11(2)3)13-9-10-14(18-13)16(5,6)7/h9-12,15,17H,8H2,1-7H3. The Balaban J connectivity index is 2.96. The SMILES string of the molecule is CCNC(c1ccc(C(C)(C)C)s1)C(C)C(C)C. The third-order valence-electron chi connectivity index (χ3n) is 3.67. The fourth-order valence-corrected chi connectivity index (χ4v) is 3.33. The van der Waals surface area contributed by atoms with Crippen LogP contribution in [0.1, 0.15) is 64.3 Å². The Morgan fingerprint density at radius 2 is 1.78 bits per heavy atom. The van der Waals surface area contributed by atoms with Crippen molar-refractivity contribution in [1.29, 1.82) is 0 Å². The van der Waals surface area contributed by atoms with Gasteiger partial charge in [0.05, 0.1) is 0 Å². The van der Waals surface area contributed by atoms with Crippen molar-refractivity contribution in [2.45, 2.75) is 59.9 Å². The van der Waals surface area contributed by atoms with Crippen molar-refractivity contribution in [2.75, 3.05) is 6.54 Å². The minimum Gasteiger partial charge on any atom is -0.309 e. The van der Waals surface area contributed by atoms with Crippen molar-refractivity contribution >= 4 is 11.3 Å². The predicted octanol–water partition coefficient (Wildman–Crippen LogP) is 4.99. The summed E-state index contributed by atoms with van der Waals surface area (Å²) in [5.41, 5.74) is 0.265.